The van der Waals surface area contributed by atoms with E-state index in [1.165, 1.54) is 20.4 Å². The fourth-order valence-corrected chi connectivity index (χ4v) is 2.14. The lowest BCUT2D eigenvalue weighted by molar-refractivity contribution is 0.384. The second kappa shape index (κ2) is 8.02. The number of halogens is 5. The Balaban J connectivity index is 0.000000174. The SMILES string of the molecule is Fc1c(F)c(F)c(P)c(F)c1F.c1ccc(-c2ccccc2)cc1. The van der Waals surface area contributed by atoms with Gasteiger partial charge in [0.25, 0.3) is 0 Å². The molecule has 0 amide bonds. The molecule has 0 saturated heterocycles. The van der Waals surface area contributed by atoms with Gasteiger partial charge in [-0.1, -0.05) is 69.9 Å². The highest BCUT2D eigenvalue weighted by molar-refractivity contribution is 7.27. The minimum atomic E-state index is -2.14. The Bertz CT molecular complexity index is 677. The Morgan fingerprint density at radius 2 is 0.750 bits per heavy atom. The highest BCUT2D eigenvalue weighted by Gasteiger charge is 2.22. The Morgan fingerprint density at radius 3 is 1.08 bits per heavy atom. The van der Waals surface area contributed by atoms with Gasteiger partial charge < -0.3 is 0 Å². The topological polar surface area (TPSA) is 0 Å². The molecule has 3 rings (SSSR count). The van der Waals surface area contributed by atoms with Crippen LogP contribution in [-0.4, -0.2) is 0 Å². The maximum absolute atomic E-state index is 12.4. The molecule has 0 saturated carbocycles. The van der Waals surface area contributed by atoms with Crippen molar-refractivity contribution in [1.29, 1.82) is 0 Å². The standard InChI is InChI=1S/C12H10.C6H2F5P/c1-3-7-11(8-4-1)12-9-5-2-6-10-12;7-1-2(8)4(10)6(12)5(11)3(1)9/h1-10H;12H2. The summed E-state index contributed by atoms with van der Waals surface area (Å²) >= 11 is 0. The molecule has 0 aromatic heterocycles. The molecule has 1 unspecified atom stereocenters. The maximum Gasteiger partial charge on any atom is 0.200 e. The summed E-state index contributed by atoms with van der Waals surface area (Å²) in [7, 11) is 1.44. The highest BCUT2D eigenvalue weighted by Crippen LogP contribution is 2.18. The summed E-state index contributed by atoms with van der Waals surface area (Å²) in [4.78, 5) is 0. The van der Waals surface area contributed by atoms with Gasteiger partial charge in [-0.2, -0.15) is 0 Å². The predicted molar refractivity (Wildman–Crippen MR) is 87.5 cm³/mol. The molecule has 0 spiro atoms. The van der Waals surface area contributed by atoms with Crippen molar-refractivity contribution in [2.24, 2.45) is 0 Å². The Labute approximate surface area is 138 Å². The van der Waals surface area contributed by atoms with Crippen LogP contribution < -0.4 is 5.30 Å². The van der Waals surface area contributed by atoms with Crippen LogP contribution in [-0.2, 0) is 0 Å². The maximum atomic E-state index is 12.4. The van der Waals surface area contributed by atoms with Gasteiger partial charge in [0.15, 0.2) is 23.3 Å². The molecule has 0 fully saturated rings. The Morgan fingerprint density at radius 1 is 0.458 bits per heavy atom. The first-order chi connectivity index (χ1) is 11.4. The van der Waals surface area contributed by atoms with Crippen molar-refractivity contribution in [3.8, 4) is 11.1 Å². The molecule has 0 nitrogen and oxygen atoms in total. The first-order valence-electron chi connectivity index (χ1n) is 6.80. The third-order valence-electron chi connectivity index (χ3n) is 3.12. The molecule has 6 heteroatoms. The van der Waals surface area contributed by atoms with Crippen LogP contribution >= 0.6 is 9.24 Å². The van der Waals surface area contributed by atoms with E-state index in [1.54, 1.807) is 0 Å². The minimum Gasteiger partial charge on any atom is -0.203 e. The van der Waals surface area contributed by atoms with Crippen LogP contribution in [0.5, 0.6) is 0 Å². The zero-order valence-electron chi connectivity index (χ0n) is 12.2. The summed E-state index contributed by atoms with van der Waals surface area (Å²) in [6, 6.07) is 20.8. The summed E-state index contributed by atoms with van der Waals surface area (Å²) in [6.45, 7) is 0. The van der Waals surface area contributed by atoms with Gasteiger partial charge in [0.2, 0.25) is 5.82 Å². The first kappa shape index (κ1) is 18.1. The summed E-state index contributed by atoms with van der Waals surface area (Å²) in [5.74, 6) is -9.65. The molecule has 0 bridgehead atoms. The molecular formula is C18H12F5P. The van der Waals surface area contributed by atoms with Gasteiger partial charge in [-0.25, -0.2) is 22.0 Å². The summed E-state index contributed by atoms with van der Waals surface area (Å²) < 4.78 is 61.5. The van der Waals surface area contributed by atoms with Crippen LogP contribution in [0.4, 0.5) is 22.0 Å². The van der Waals surface area contributed by atoms with Crippen LogP contribution in [0.25, 0.3) is 11.1 Å². The minimum absolute atomic E-state index is 0.952. The molecule has 24 heavy (non-hydrogen) atoms. The van der Waals surface area contributed by atoms with Crippen LogP contribution in [0.3, 0.4) is 0 Å². The number of rotatable bonds is 1. The predicted octanol–water partition coefficient (Wildman–Crippen LogP) is 5.24. The highest BCUT2D eigenvalue weighted by atomic mass is 31.0. The Kier molecular flexibility index (Phi) is 6.04. The zero-order chi connectivity index (χ0) is 17.7. The number of benzene rings is 3. The van der Waals surface area contributed by atoms with Gasteiger partial charge in [-0.05, 0) is 11.1 Å². The van der Waals surface area contributed by atoms with Crippen LogP contribution in [0.2, 0.25) is 0 Å². The van der Waals surface area contributed by atoms with Crippen molar-refractivity contribution < 1.29 is 22.0 Å². The van der Waals surface area contributed by atoms with Gasteiger partial charge in [-0.15, -0.1) is 0 Å². The van der Waals surface area contributed by atoms with Gasteiger partial charge in [-0.3, -0.25) is 0 Å². The van der Waals surface area contributed by atoms with Gasteiger partial charge in [0.1, 0.15) is 0 Å². The molecular weight excluding hydrogens is 342 g/mol. The normalized spacial score (nSPS) is 10.1. The van der Waals surface area contributed by atoms with Gasteiger partial charge in [0.05, 0.1) is 0 Å². The molecule has 0 aliphatic heterocycles. The quantitative estimate of drug-likeness (QED) is 0.243. The van der Waals surface area contributed by atoms with Crippen LogP contribution in [0, 0.1) is 29.1 Å². The molecule has 0 N–H and O–H groups in total. The lowest BCUT2D eigenvalue weighted by Gasteiger charge is -2.02. The van der Waals surface area contributed by atoms with E-state index >= 15 is 0 Å². The number of hydrogen-bond acceptors (Lipinski definition) is 0. The average Bonchev–Trinajstić information content (AvgIpc) is 2.65. The van der Waals surface area contributed by atoms with E-state index in [0.717, 1.165) is 0 Å². The molecule has 3 aromatic carbocycles. The van der Waals surface area contributed by atoms with E-state index in [0.29, 0.717) is 0 Å². The van der Waals surface area contributed by atoms with Crippen LogP contribution in [0.15, 0.2) is 60.7 Å². The Hall–Kier alpha value is -2.26. The molecule has 3 aromatic rings. The second-order valence-corrected chi connectivity index (χ2v) is 5.29. The number of hydrogen-bond donors (Lipinski definition) is 0. The lowest BCUT2D eigenvalue weighted by Crippen LogP contribution is -2.13. The molecule has 0 aliphatic carbocycles. The van der Waals surface area contributed by atoms with E-state index in [4.69, 9.17) is 0 Å². The lowest BCUT2D eigenvalue weighted by atomic mass is 10.1. The van der Waals surface area contributed by atoms with Gasteiger partial charge >= 0.3 is 0 Å². The zero-order valence-corrected chi connectivity index (χ0v) is 13.4. The van der Waals surface area contributed by atoms with Gasteiger partial charge in [0, 0.05) is 5.30 Å². The first-order valence-corrected chi connectivity index (χ1v) is 7.38. The van der Waals surface area contributed by atoms with Crippen molar-refractivity contribution in [3.63, 3.8) is 0 Å². The molecule has 124 valence electrons. The van der Waals surface area contributed by atoms with Crippen molar-refractivity contribution in [2.75, 3.05) is 0 Å². The second-order valence-electron chi connectivity index (χ2n) is 4.72. The molecule has 0 heterocycles. The fraction of sp³-hybridized carbons (Fsp3) is 0. The summed E-state index contributed by atoms with van der Waals surface area (Å²) in [5, 5.41) is -0.952. The largest absolute Gasteiger partial charge is 0.203 e. The molecule has 1 atom stereocenters. The third-order valence-corrected chi connectivity index (χ3v) is 3.63. The molecule has 0 aliphatic rings. The monoisotopic (exact) mass is 354 g/mol. The van der Waals surface area contributed by atoms with Crippen molar-refractivity contribution in [2.45, 2.75) is 0 Å². The van der Waals surface area contributed by atoms with Crippen molar-refractivity contribution in [3.05, 3.63) is 89.7 Å². The average molecular weight is 354 g/mol. The van der Waals surface area contributed by atoms with Crippen molar-refractivity contribution in [1.82, 2.24) is 0 Å². The molecule has 0 radical (unpaired) electrons. The smallest absolute Gasteiger partial charge is 0.200 e. The van der Waals surface area contributed by atoms with E-state index in [9.17, 15) is 22.0 Å². The van der Waals surface area contributed by atoms with Crippen molar-refractivity contribution >= 4 is 14.5 Å². The van der Waals surface area contributed by atoms with E-state index < -0.39 is 34.4 Å². The van der Waals surface area contributed by atoms with E-state index in [2.05, 4.69) is 48.5 Å². The summed E-state index contributed by atoms with van der Waals surface area (Å²) in [5.41, 5.74) is 2.55. The van der Waals surface area contributed by atoms with E-state index in [-0.39, 0.29) is 0 Å². The van der Waals surface area contributed by atoms with Crippen LogP contribution in [0.1, 0.15) is 0 Å². The fourth-order valence-electron chi connectivity index (χ4n) is 1.88. The summed E-state index contributed by atoms with van der Waals surface area (Å²) in [6.07, 6.45) is 0. The third kappa shape index (κ3) is 3.98. The van der Waals surface area contributed by atoms with E-state index in [1.807, 2.05) is 12.1 Å².